The number of rotatable bonds is 0. The molecule has 0 aliphatic carbocycles. The van der Waals surface area contributed by atoms with Gasteiger partial charge < -0.3 is 14.7 Å². The maximum Gasteiger partial charge on any atom is 0.410 e. The Balaban J connectivity index is 2.52. The summed E-state index contributed by atoms with van der Waals surface area (Å²) in [6.45, 7) is 5.40. The molecule has 1 fully saturated rings. The highest BCUT2D eigenvalue weighted by Crippen LogP contribution is 2.17. The van der Waals surface area contributed by atoms with Crippen LogP contribution in [0.3, 0.4) is 0 Å². The first kappa shape index (κ1) is 12.2. The Morgan fingerprint density at radius 1 is 1.47 bits per heavy atom. The zero-order valence-electron chi connectivity index (χ0n) is 9.36. The van der Waals surface area contributed by atoms with Crippen molar-refractivity contribution < 1.29 is 19.0 Å². The van der Waals surface area contributed by atoms with Crippen molar-refractivity contribution in [3.63, 3.8) is 0 Å². The number of alkyl halides is 1. The van der Waals surface area contributed by atoms with E-state index in [1.54, 1.807) is 20.8 Å². The lowest BCUT2D eigenvalue weighted by molar-refractivity contribution is -0.0124. The second kappa shape index (κ2) is 4.35. The van der Waals surface area contributed by atoms with Gasteiger partial charge in [-0.05, 0) is 20.8 Å². The predicted octanol–water partition coefficient (Wildman–Crippen LogP) is 1.33. The van der Waals surface area contributed by atoms with E-state index in [-0.39, 0.29) is 19.5 Å². The van der Waals surface area contributed by atoms with Crippen molar-refractivity contribution in [2.45, 2.75) is 45.1 Å². The van der Waals surface area contributed by atoms with Gasteiger partial charge in [0, 0.05) is 6.42 Å². The number of amides is 1. The molecule has 1 amide bonds. The van der Waals surface area contributed by atoms with Gasteiger partial charge in [0.2, 0.25) is 0 Å². The quantitative estimate of drug-likeness (QED) is 0.668. The molecule has 1 aliphatic heterocycles. The molecule has 0 bridgehead atoms. The summed E-state index contributed by atoms with van der Waals surface area (Å²) in [6.07, 6.45) is -2.43. The van der Waals surface area contributed by atoms with Gasteiger partial charge >= 0.3 is 6.09 Å². The Morgan fingerprint density at radius 2 is 2.07 bits per heavy atom. The second-order valence-electron chi connectivity index (χ2n) is 4.87. The lowest BCUT2D eigenvalue weighted by Gasteiger charge is -2.33. The molecule has 4 nitrogen and oxygen atoms in total. The van der Waals surface area contributed by atoms with Gasteiger partial charge in [0.25, 0.3) is 0 Å². The molecule has 0 radical (unpaired) electrons. The van der Waals surface area contributed by atoms with Crippen LogP contribution >= 0.6 is 0 Å². The topological polar surface area (TPSA) is 49.8 Å². The van der Waals surface area contributed by atoms with Crippen molar-refractivity contribution >= 4 is 6.09 Å². The Labute approximate surface area is 89.0 Å². The average Bonchev–Trinajstić information content (AvgIpc) is 1.98. The van der Waals surface area contributed by atoms with Crippen LogP contribution in [0.5, 0.6) is 0 Å². The summed E-state index contributed by atoms with van der Waals surface area (Å²) in [4.78, 5) is 12.7. The van der Waals surface area contributed by atoms with Crippen LogP contribution in [0.15, 0.2) is 0 Å². The Morgan fingerprint density at radius 3 is 2.53 bits per heavy atom. The molecule has 1 saturated heterocycles. The van der Waals surface area contributed by atoms with Crippen molar-refractivity contribution in [3.05, 3.63) is 0 Å². The van der Waals surface area contributed by atoms with Gasteiger partial charge in [-0.25, -0.2) is 9.18 Å². The smallest absolute Gasteiger partial charge is 0.410 e. The van der Waals surface area contributed by atoms with Crippen LogP contribution in [0.2, 0.25) is 0 Å². The van der Waals surface area contributed by atoms with Gasteiger partial charge in [0.05, 0.1) is 19.2 Å². The maximum absolute atomic E-state index is 13.1. The van der Waals surface area contributed by atoms with Crippen molar-refractivity contribution in [2.24, 2.45) is 0 Å². The van der Waals surface area contributed by atoms with Crippen molar-refractivity contribution in [2.75, 3.05) is 13.1 Å². The molecule has 1 aliphatic rings. The van der Waals surface area contributed by atoms with E-state index in [1.165, 1.54) is 4.90 Å². The fourth-order valence-corrected chi connectivity index (χ4v) is 1.49. The number of aliphatic hydroxyl groups is 1. The lowest BCUT2D eigenvalue weighted by atomic mass is 10.1. The number of aliphatic hydroxyl groups excluding tert-OH is 1. The highest BCUT2D eigenvalue weighted by Gasteiger charge is 2.31. The third-order valence-corrected chi connectivity index (χ3v) is 2.03. The number of likely N-dealkylation sites (tertiary alicyclic amines) is 1. The van der Waals surface area contributed by atoms with Gasteiger partial charge in [0.15, 0.2) is 0 Å². The van der Waals surface area contributed by atoms with Gasteiger partial charge in [-0.15, -0.1) is 0 Å². The SMILES string of the molecule is CC(C)(C)OC(=O)N1CC(O)CC(F)C1. The molecule has 2 unspecified atom stereocenters. The molecule has 1 heterocycles. The number of nitrogens with zero attached hydrogens (tertiary/aromatic N) is 1. The molecule has 15 heavy (non-hydrogen) atoms. The lowest BCUT2D eigenvalue weighted by Crippen LogP contribution is -2.48. The molecule has 88 valence electrons. The Bertz CT molecular complexity index is 229. The zero-order valence-corrected chi connectivity index (χ0v) is 9.36. The van der Waals surface area contributed by atoms with Crippen LogP contribution in [0.4, 0.5) is 9.18 Å². The molecule has 0 aromatic heterocycles. The second-order valence-corrected chi connectivity index (χ2v) is 4.87. The number of hydrogen-bond donors (Lipinski definition) is 1. The average molecular weight is 219 g/mol. The summed E-state index contributed by atoms with van der Waals surface area (Å²) in [5.74, 6) is 0. The fourth-order valence-electron chi connectivity index (χ4n) is 1.49. The minimum Gasteiger partial charge on any atom is -0.444 e. The number of ether oxygens (including phenoxy) is 1. The zero-order chi connectivity index (χ0) is 11.6. The summed E-state index contributed by atoms with van der Waals surface area (Å²) >= 11 is 0. The monoisotopic (exact) mass is 219 g/mol. The van der Waals surface area contributed by atoms with Crippen molar-refractivity contribution in [1.82, 2.24) is 4.90 Å². The van der Waals surface area contributed by atoms with Crippen LogP contribution < -0.4 is 0 Å². The van der Waals surface area contributed by atoms with E-state index in [9.17, 15) is 14.3 Å². The molecule has 1 N–H and O–H groups in total. The number of β-amino-alcohol motifs (C(OH)–C–C–N with tert-alkyl or cyclic N) is 1. The number of halogens is 1. The molecule has 0 aromatic carbocycles. The standard InChI is InChI=1S/C10H18FNO3/c1-10(2,3)15-9(14)12-5-7(11)4-8(13)6-12/h7-8,13H,4-6H2,1-3H3. The van der Waals surface area contributed by atoms with E-state index in [0.29, 0.717) is 0 Å². The highest BCUT2D eigenvalue weighted by molar-refractivity contribution is 5.68. The van der Waals surface area contributed by atoms with Gasteiger partial charge in [-0.2, -0.15) is 0 Å². The molecule has 0 spiro atoms. The van der Waals surface area contributed by atoms with Crippen LogP contribution in [0.25, 0.3) is 0 Å². The number of hydrogen-bond acceptors (Lipinski definition) is 3. The Kier molecular flexibility index (Phi) is 3.54. The van der Waals surface area contributed by atoms with E-state index in [0.717, 1.165) is 0 Å². The predicted molar refractivity (Wildman–Crippen MR) is 53.3 cm³/mol. The van der Waals surface area contributed by atoms with Crippen molar-refractivity contribution in [3.8, 4) is 0 Å². The maximum atomic E-state index is 13.1. The summed E-state index contributed by atoms with van der Waals surface area (Å²) in [6, 6.07) is 0. The minimum absolute atomic E-state index is 0.00593. The van der Waals surface area contributed by atoms with Crippen LogP contribution in [-0.4, -0.2) is 47.1 Å². The van der Waals surface area contributed by atoms with Crippen molar-refractivity contribution in [1.29, 1.82) is 0 Å². The molecular weight excluding hydrogens is 201 g/mol. The van der Waals surface area contributed by atoms with Gasteiger partial charge in [0.1, 0.15) is 11.8 Å². The summed E-state index contributed by atoms with van der Waals surface area (Å²) in [5.41, 5.74) is -0.592. The van der Waals surface area contributed by atoms with E-state index < -0.39 is 24.0 Å². The first-order valence-corrected chi connectivity index (χ1v) is 5.08. The summed E-state index contributed by atoms with van der Waals surface area (Å²) in [5, 5.41) is 9.31. The molecule has 2 atom stereocenters. The number of piperidine rings is 1. The molecule has 5 heteroatoms. The first-order valence-electron chi connectivity index (χ1n) is 5.08. The minimum atomic E-state index is -1.17. The molecule has 0 saturated carbocycles. The van der Waals surface area contributed by atoms with E-state index in [2.05, 4.69) is 0 Å². The number of carbonyl (C=O) groups excluding carboxylic acids is 1. The van der Waals surface area contributed by atoms with Gasteiger partial charge in [-0.3, -0.25) is 0 Å². The third kappa shape index (κ3) is 4.03. The van der Waals surface area contributed by atoms with Crippen LogP contribution in [0.1, 0.15) is 27.2 Å². The first-order chi connectivity index (χ1) is 6.78. The normalized spacial score (nSPS) is 27.7. The van der Waals surface area contributed by atoms with E-state index >= 15 is 0 Å². The number of carbonyl (C=O) groups is 1. The molecule has 1 rings (SSSR count). The summed E-state index contributed by atoms with van der Waals surface area (Å²) < 4.78 is 18.2. The molecular formula is C10H18FNO3. The van der Waals surface area contributed by atoms with Gasteiger partial charge in [-0.1, -0.05) is 0 Å². The third-order valence-electron chi connectivity index (χ3n) is 2.03. The van der Waals surface area contributed by atoms with E-state index in [1.807, 2.05) is 0 Å². The molecule has 0 aromatic rings. The fraction of sp³-hybridized carbons (Fsp3) is 0.900. The van der Waals surface area contributed by atoms with Crippen LogP contribution in [0, 0.1) is 0 Å². The van der Waals surface area contributed by atoms with Crippen LogP contribution in [-0.2, 0) is 4.74 Å². The summed E-state index contributed by atoms with van der Waals surface area (Å²) in [7, 11) is 0. The highest BCUT2D eigenvalue weighted by atomic mass is 19.1. The van der Waals surface area contributed by atoms with E-state index in [4.69, 9.17) is 4.74 Å². The Hall–Kier alpha value is -0.840. The largest absolute Gasteiger partial charge is 0.444 e.